The fourth-order valence-electron chi connectivity index (χ4n) is 5.76. The summed E-state index contributed by atoms with van der Waals surface area (Å²) in [7, 11) is 1.96. The molecule has 8 heteroatoms. The van der Waals surface area contributed by atoms with Gasteiger partial charge in [0.05, 0.1) is 6.04 Å². The van der Waals surface area contributed by atoms with Crippen LogP contribution in [0.3, 0.4) is 0 Å². The van der Waals surface area contributed by atoms with Crippen LogP contribution in [-0.2, 0) is 17.6 Å². The number of carbonyl (C=O) groups excluding carboxylic acids is 1. The second-order valence-corrected chi connectivity index (χ2v) is 10.1. The normalized spacial score (nSPS) is 26.3. The molecule has 1 aromatic heterocycles. The summed E-state index contributed by atoms with van der Waals surface area (Å²) in [6, 6.07) is 4.15. The maximum atomic E-state index is 13.0. The molecule has 5 rings (SSSR count). The zero-order valence-corrected chi connectivity index (χ0v) is 20.5. The number of fused-ring (bicyclic) bond motifs is 2. The third-order valence-electron chi connectivity index (χ3n) is 7.78. The molecule has 0 spiro atoms. The Bertz CT molecular complexity index is 1010. The van der Waals surface area contributed by atoms with E-state index in [1.165, 1.54) is 24.8 Å². The molecule has 2 N–H and O–H groups in total. The third-order valence-corrected chi connectivity index (χ3v) is 7.78. The molecule has 2 aliphatic heterocycles. The standard InChI is InChI=1S/C27H36FN5O2/c1-32-17-23-22(3-2-4-25(23)31-32)27(34)29-21-8-5-19(6-9-21)11-14-33-15-12-20-7-10-26(35-18-28)30-24(20)13-16-33/h2-4,7,10,17,19,21,25,31H,5-6,8-9,11-16,18H2,1H3,(H,29,34). The molecular formula is C27H36FN5O2. The average Bonchev–Trinajstić information content (AvgIpc) is 3.13. The van der Waals surface area contributed by atoms with Gasteiger partial charge in [0.15, 0.2) is 0 Å². The van der Waals surface area contributed by atoms with Gasteiger partial charge in [0.1, 0.15) is 0 Å². The lowest BCUT2D eigenvalue weighted by Crippen LogP contribution is -2.40. The van der Waals surface area contributed by atoms with E-state index in [0.717, 1.165) is 62.2 Å². The summed E-state index contributed by atoms with van der Waals surface area (Å²) in [6.07, 6.45) is 15.5. The van der Waals surface area contributed by atoms with Gasteiger partial charge in [-0.15, -0.1) is 0 Å². The van der Waals surface area contributed by atoms with Crippen molar-refractivity contribution in [3.05, 3.63) is 59.0 Å². The van der Waals surface area contributed by atoms with Crippen LogP contribution < -0.4 is 15.5 Å². The lowest BCUT2D eigenvalue weighted by atomic mass is 9.83. The molecule has 3 heterocycles. The lowest BCUT2D eigenvalue weighted by Gasteiger charge is -2.31. The number of nitrogens with zero attached hydrogens (tertiary/aromatic N) is 3. The number of hydrogen-bond acceptors (Lipinski definition) is 6. The minimum absolute atomic E-state index is 0.0453. The maximum Gasteiger partial charge on any atom is 0.251 e. The van der Waals surface area contributed by atoms with Crippen LogP contribution in [0, 0.1) is 5.92 Å². The van der Waals surface area contributed by atoms with Crippen molar-refractivity contribution in [3.63, 3.8) is 0 Å². The fourth-order valence-corrected chi connectivity index (χ4v) is 5.76. The van der Waals surface area contributed by atoms with Crippen LogP contribution in [-0.4, -0.2) is 66.4 Å². The number of aromatic nitrogens is 1. The van der Waals surface area contributed by atoms with Gasteiger partial charge in [0, 0.05) is 61.7 Å². The molecule has 7 nitrogen and oxygen atoms in total. The molecule has 1 unspecified atom stereocenters. The van der Waals surface area contributed by atoms with E-state index in [1.54, 1.807) is 6.07 Å². The van der Waals surface area contributed by atoms with Crippen LogP contribution in [0.4, 0.5) is 4.39 Å². The predicted octanol–water partition coefficient (Wildman–Crippen LogP) is 3.05. The molecule has 0 radical (unpaired) electrons. The summed E-state index contributed by atoms with van der Waals surface area (Å²) >= 11 is 0. The molecule has 1 atom stereocenters. The maximum absolute atomic E-state index is 13.0. The van der Waals surface area contributed by atoms with Gasteiger partial charge in [-0.25, -0.2) is 14.8 Å². The number of ether oxygens (including phenoxy) is 1. The van der Waals surface area contributed by atoms with E-state index in [2.05, 4.69) is 26.7 Å². The van der Waals surface area contributed by atoms with Crippen LogP contribution in [0.25, 0.3) is 0 Å². The Labute approximate surface area is 207 Å². The fraction of sp³-hybridized carbons (Fsp3) is 0.556. The predicted molar refractivity (Wildman–Crippen MR) is 133 cm³/mol. The van der Waals surface area contributed by atoms with Gasteiger partial charge in [-0.1, -0.05) is 18.2 Å². The van der Waals surface area contributed by atoms with E-state index < -0.39 is 6.86 Å². The first-order valence-corrected chi connectivity index (χ1v) is 12.9. The van der Waals surface area contributed by atoms with Crippen molar-refractivity contribution in [3.8, 4) is 5.88 Å². The molecular weight excluding hydrogens is 445 g/mol. The van der Waals surface area contributed by atoms with Crippen molar-refractivity contribution in [2.24, 2.45) is 5.92 Å². The van der Waals surface area contributed by atoms with Crippen molar-refractivity contribution < 1.29 is 13.9 Å². The minimum Gasteiger partial charge on any atom is -0.446 e. The number of nitrogens with one attached hydrogen (secondary N) is 2. The zero-order chi connectivity index (χ0) is 24.2. The number of halogens is 1. The Balaban J connectivity index is 1.05. The number of carbonyl (C=O) groups is 1. The monoisotopic (exact) mass is 481 g/mol. The number of allylic oxidation sites excluding steroid dienone is 2. The number of pyridine rings is 1. The highest BCUT2D eigenvalue weighted by molar-refractivity contribution is 5.99. The Morgan fingerprint density at radius 3 is 2.89 bits per heavy atom. The van der Waals surface area contributed by atoms with E-state index >= 15 is 0 Å². The molecule has 1 fully saturated rings. The average molecular weight is 482 g/mol. The Kier molecular flexibility index (Phi) is 7.48. The van der Waals surface area contributed by atoms with E-state index in [9.17, 15) is 9.18 Å². The largest absolute Gasteiger partial charge is 0.446 e. The molecule has 1 aromatic rings. The summed E-state index contributed by atoms with van der Waals surface area (Å²) in [5.41, 5.74) is 7.42. The topological polar surface area (TPSA) is 69.7 Å². The number of rotatable bonds is 7. The van der Waals surface area contributed by atoms with Gasteiger partial charge in [-0.2, -0.15) is 0 Å². The van der Waals surface area contributed by atoms with Crippen LogP contribution in [0.1, 0.15) is 43.4 Å². The highest BCUT2D eigenvalue weighted by Gasteiger charge is 2.30. The molecule has 0 bridgehead atoms. The second-order valence-electron chi connectivity index (χ2n) is 10.1. The van der Waals surface area contributed by atoms with E-state index in [-0.39, 0.29) is 18.0 Å². The Morgan fingerprint density at radius 2 is 2.06 bits per heavy atom. The van der Waals surface area contributed by atoms with E-state index in [1.807, 2.05) is 36.5 Å². The van der Waals surface area contributed by atoms with Gasteiger partial charge >= 0.3 is 0 Å². The van der Waals surface area contributed by atoms with Gasteiger partial charge in [-0.05, 0) is 62.6 Å². The molecule has 188 valence electrons. The van der Waals surface area contributed by atoms with Crippen molar-refractivity contribution in [1.82, 2.24) is 25.6 Å². The van der Waals surface area contributed by atoms with E-state index in [4.69, 9.17) is 4.74 Å². The van der Waals surface area contributed by atoms with Crippen LogP contribution in [0.5, 0.6) is 5.88 Å². The number of hydrazine groups is 1. The molecule has 0 saturated heterocycles. The third kappa shape index (κ3) is 5.76. The first kappa shape index (κ1) is 24.0. The molecule has 4 aliphatic rings. The minimum atomic E-state index is -0.841. The zero-order valence-electron chi connectivity index (χ0n) is 20.5. The number of amides is 1. The summed E-state index contributed by atoms with van der Waals surface area (Å²) < 4.78 is 17.4. The Hall–Kier alpha value is -2.71. The van der Waals surface area contributed by atoms with Crippen molar-refractivity contribution in [1.29, 1.82) is 0 Å². The van der Waals surface area contributed by atoms with Crippen LogP contribution in [0.15, 0.2) is 47.7 Å². The quantitative estimate of drug-likeness (QED) is 0.624. The second kappa shape index (κ2) is 10.9. The highest BCUT2D eigenvalue weighted by Crippen LogP contribution is 2.29. The van der Waals surface area contributed by atoms with Crippen LogP contribution >= 0.6 is 0 Å². The molecule has 1 amide bonds. The van der Waals surface area contributed by atoms with Gasteiger partial charge in [0.25, 0.3) is 5.91 Å². The first-order chi connectivity index (χ1) is 17.1. The summed E-state index contributed by atoms with van der Waals surface area (Å²) in [5.74, 6) is 1.14. The Morgan fingerprint density at radius 1 is 1.23 bits per heavy atom. The first-order valence-electron chi connectivity index (χ1n) is 12.9. The van der Waals surface area contributed by atoms with Gasteiger partial charge in [-0.3, -0.25) is 4.79 Å². The number of hydrogen-bond donors (Lipinski definition) is 2. The van der Waals surface area contributed by atoms with Crippen LogP contribution in [0.2, 0.25) is 0 Å². The summed E-state index contributed by atoms with van der Waals surface area (Å²) in [6.45, 7) is 2.27. The number of alkyl halides is 1. The summed E-state index contributed by atoms with van der Waals surface area (Å²) in [4.78, 5) is 20.0. The van der Waals surface area contributed by atoms with E-state index in [0.29, 0.717) is 11.8 Å². The molecule has 1 saturated carbocycles. The van der Waals surface area contributed by atoms with Crippen molar-refractivity contribution >= 4 is 5.91 Å². The van der Waals surface area contributed by atoms with Gasteiger partial charge in [0.2, 0.25) is 12.7 Å². The van der Waals surface area contributed by atoms with Gasteiger partial charge < -0.3 is 20.0 Å². The molecule has 35 heavy (non-hydrogen) atoms. The van der Waals surface area contributed by atoms with Crippen molar-refractivity contribution in [2.75, 3.05) is 33.5 Å². The van der Waals surface area contributed by atoms with Crippen molar-refractivity contribution in [2.45, 2.75) is 57.0 Å². The summed E-state index contributed by atoms with van der Waals surface area (Å²) in [5, 5.41) is 5.21. The SMILES string of the molecule is CN1C=C2C(C(=O)NC3CCC(CCN4CCc5ccc(OCF)nc5CC4)CC3)=CC=CC2N1. The lowest BCUT2D eigenvalue weighted by molar-refractivity contribution is -0.118. The highest BCUT2D eigenvalue weighted by atomic mass is 19.1. The smallest absolute Gasteiger partial charge is 0.251 e. The molecule has 0 aromatic carbocycles. The molecule has 2 aliphatic carbocycles.